The second-order valence-corrected chi connectivity index (χ2v) is 5.93. The fourth-order valence-corrected chi connectivity index (χ4v) is 2.38. The molecule has 7 heteroatoms. The third-order valence-corrected chi connectivity index (χ3v) is 3.75. The summed E-state index contributed by atoms with van der Waals surface area (Å²) in [7, 11) is 0. The molecule has 0 heterocycles. The SMILES string of the molecule is CCOC(=O)Oc1ccc(C(=O)NCCCNC(=O)Cc2ccccc2)cc1. The predicted octanol–water partition coefficient (Wildman–Crippen LogP) is 2.70. The van der Waals surface area contributed by atoms with Crippen molar-refractivity contribution in [3.05, 3.63) is 65.7 Å². The molecule has 0 bridgehead atoms. The highest BCUT2D eigenvalue weighted by molar-refractivity contribution is 5.94. The summed E-state index contributed by atoms with van der Waals surface area (Å²) in [6.07, 6.45) is 0.179. The van der Waals surface area contributed by atoms with Gasteiger partial charge in [0.25, 0.3) is 5.91 Å². The first-order chi connectivity index (χ1) is 13.6. The van der Waals surface area contributed by atoms with Gasteiger partial charge < -0.3 is 20.1 Å². The first-order valence-corrected chi connectivity index (χ1v) is 9.12. The third kappa shape index (κ3) is 7.49. The Morgan fingerprint density at radius 2 is 1.57 bits per heavy atom. The molecule has 0 fully saturated rings. The van der Waals surface area contributed by atoms with Crippen LogP contribution in [-0.4, -0.2) is 37.7 Å². The van der Waals surface area contributed by atoms with E-state index in [4.69, 9.17) is 4.74 Å². The first-order valence-electron chi connectivity index (χ1n) is 9.12. The summed E-state index contributed by atoms with van der Waals surface area (Å²) in [5.41, 5.74) is 1.41. The van der Waals surface area contributed by atoms with E-state index in [0.717, 1.165) is 5.56 Å². The fourth-order valence-electron chi connectivity index (χ4n) is 2.38. The number of hydrogen-bond donors (Lipinski definition) is 2. The van der Waals surface area contributed by atoms with Crippen LogP contribution in [-0.2, 0) is 16.0 Å². The van der Waals surface area contributed by atoms with Crippen molar-refractivity contribution in [2.24, 2.45) is 0 Å². The molecule has 0 spiro atoms. The van der Waals surface area contributed by atoms with Crippen LogP contribution in [0.4, 0.5) is 4.79 Å². The average Bonchev–Trinajstić information content (AvgIpc) is 2.69. The largest absolute Gasteiger partial charge is 0.513 e. The zero-order valence-corrected chi connectivity index (χ0v) is 15.8. The van der Waals surface area contributed by atoms with Gasteiger partial charge in [-0.3, -0.25) is 9.59 Å². The zero-order chi connectivity index (χ0) is 20.2. The van der Waals surface area contributed by atoms with E-state index in [9.17, 15) is 14.4 Å². The van der Waals surface area contributed by atoms with Crippen molar-refractivity contribution in [2.45, 2.75) is 19.8 Å². The maximum atomic E-state index is 12.1. The lowest BCUT2D eigenvalue weighted by atomic mass is 10.1. The van der Waals surface area contributed by atoms with Crippen LogP contribution in [0.3, 0.4) is 0 Å². The van der Waals surface area contributed by atoms with Gasteiger partial charge in [0.05, 0.1) is 13.0 Å². The van der Waals surface area contributed by atoms with Crippen molar-refractivity contribution < 1.29 is 23.9 Å². The van der Waals surface area contributed by atoms with E-state index in [0.29, 0.717) is 37.2 Å². The Hall–Kier alpha value is -3.35. The van der Waals surface area contributed by atoms with Crippen molar-refractivity contribution in [1.29, 1.82) is 0 Å². The Labute approximate surface area is 164 Å². The van der Waals surface area contributed by atoms with Gasteiger partial charge in [-0.25, -0.2) is 4.79 Å². The molecule has 0 saturated carbocycles. The van der Waals surface area contributed by atoms with Crippen LogP contribution in [0.1, 0.15) is 29.3 Å². The van der Waals surface area contributed by atoms with Crippen molar-refractivity contribution in [1.82, 2.24) is 10.6 Å². The van der Waals surface area contributed by atoms with Crippen molar-refractivity contribution >= 4 is 18.0 Å². The summed E-state index contributed by atoms with van der Waals surface area (Å²) in [5, 5.41) is 5.61. The fraction of sp³-hybridized carbons (Fsp3) is 0.286. The molecule has 0 atom stereocenters. The molecule has 2 aromatic rings. The van der Waals surface area contributed by atoms with Crippen LogP contribution in [0, 0.1) is 0 Å². The van der Waals surface area contributed by atoms with Gasteiger partial charge in [0.1, 0.15) is 5.75 Å². The average molecular weight is 384 g/mol. The monoisotopic (exact) mass is 384 g/mol. The quantitative estimate of drug-likeness (QED) is 0.394. The molecule has 0 saturated heterocycles. The van der Waals surface area contributed by atoms with Crippen LogP contribution < -0.4 is 15.4 Å². The molecule has 2 N–H and O–H groups in total. The second kappa shape index (κ2) is 11.4. The normalized spacial score (nSPS) is 10.0. The number of carbonyl (C=O) groups excluding carboxylic acids is 3. The summed E-state index contributed by atoms with van der Waals surface area (Å²) < 4.78 is 9.61. The van der Waals surface area contributed by atoms with Gasteiger partial charge >= 0.3 is 6.16 Å². The van der Waals surface area contributed by atoms with Crippen molar-refractivity contribution in [3.63, 3.8) is 0 Å². The van der Waals surface area contributed by atoms with Gasteiger partial charge in [0.15, 0.2) is 0 Å². The minimum Gasteiger partial charge on any atom is -0.434 e. The maximum Gasteiger partial charge on any atom is 0.513 e. The summed E-state index contributed by atoms with van der Waals surface area (Å²) in [4.78, 5) is 35.2. The number of ether oxygens (including phenoxy) is 2. The Morgan fingerprint density at radius 3 is 2.25 bits per heavy atom. The highest BCUT2D eigenvalue weighted by Crippen LogP contribution is 2.13. The second-order valence-electron chi connectivity index (χ2n) is 5.93. The number of rotatable bonds is 9. The summed E-state index contributed by atoms with van der Waals surface area (Å²) in [6, 6.07) is 15.7. The standard InChI is InChI=1S/C21H24N2O5/c1-2-27-21(26)28-18-11-9-17(10-12-18)20(25)23-14-6-13-22-19(24)15-16-7-4-3-5-8-16/h3-5,7-12H,2,6,13-15H2,1H3,(H,22,24)(H,23,25). The minimum absolute atomic E-state index is 0.0466. The summed E-state index contributed by atoms with van der Waals surface area (Å²) >= 11 is 0. The van der Waals surface area contributed by atoms with Gasteiger partial charge in [0, 0.05) is 18.7 Å². The van der Waals surface area contributed by atoms with E-state index in [-0.39, 0.29) is 18.4 Å². The number of carbonyl (C=O) groups is 3. The van der Waals surface area contributed by atoms with E-state index in [1.54, 1.807) is 19.1 Å². The van der Waals surface area contributed by atoms with E-state index in [1.165, 1.54) is 12.1 Å². The highest BCUT2D eigenvalue weighted by Gasteiger charge is 2.08. The van der Waals surface area contributed by atoms with Gasteiger partial charge in [0.2, 0.25) is 5.91 Å². The van der Waals surface area contributed by atoms with Gasteiger partial charge in [-0.1, -0.05) is 30.3 Å². The van der Waals surface area contributed by atoms with E-state index >= 15 is 0 Å². The highest BCUT2D eigenvalue weighted by atomic mass is 16.7. The Balaban J connectivity index is 1.64. The first kappa shape index (κ1) is 21.0. The van der Waals surface area contributed by atoms with Crippen LogP contribution in [0.25, 0.3) is 0 Å². The molecule has 0 unspecified atom stereocenters. The molecular weight excluding hydrogens is 360 g/mol. The maximum absolute atomic E-state index is 12.1. The number of benzene rings is 2. The van der Waals surface area contributed by atoms with Crippen molar-refractivity contribution in [2.75, 3.05) is 19.7 Å². The Morgan fingerprint density at radius 1 is 0.893 bits per heavy atom. The van der Waals surface area contributed by atoms with Crippen LogP contribution in [0.15, 0.2) is 54.6 Å². The molecule has 2 rings (SSSR count). The molecule has 148 valence electrons. The molecule has 0 radical (unpaired) electrons. The van der Waals surface area contributed by atoms with E-state index < -0.39 is 6.16 Å². The molecule has 2 aromatic carbocycles. The molecule has 2 amide bonds. The van der Waals surface area contributed by atoms with Gasteiger partial charge in [-0.2, -0.15) is 0 Å². The molecule has 28 heavy (non-hydrogen) atoms. The number of nitrogens with one attached hydrogen (secondary N) is 2. The summed E-state index contributed by atoms with van der Waals surface area (Å²) in [5.74, 6) is 0.0177. The van der Waals surface area contributed by atoms with E-state index in [2.05, 4.69) is 15.4 Å². The molecular formula is C21H24N2O5. The molecule has 7 nitrogen and oxygen atoms in total. The zero-order valence-electron chi connectivity index (χ0n) is 15.8. The lowest BCUT2D eigenvalue weighted by molar-refractivity contribution is -0.120. The lowest BCUT2D eigenvalue weighted by Crippen LogP contribution is -2.30. The minimum atomic E-state index is -0.783. The molecule has 0 aliphatic rings. The predicted molar refractivity (Wildman–Crippen MR) is 104 cm³/mol. The van der Waals surface area contributed by atoms with Gasteiger partial charge in [-0.05, 0) is 43.2 Å². The topological polar surface area (TPSA) is 93.7 Å². The Bertz CT molecular complexity index is 775. The number of amides is 2. The smallest absolute Gasteiger partial charge is 0.434 e. The van der Waals surface area contributed by atoms with Crippen LogP contribution in [0.2, 0.25) is 0 Å². The molecule has 0 aromatic heterocycles. The lowest BCUT2D eigenvalue weighted by Gasteiger charge is -2.08. The number of hydrogen-bond acceptors (Lipinski definition) is 5. The third-order valence-electron chi connectivity index (χ3n) is 3.75. The Kier molecular flexibility index (Phi) is 8.52. The molecule has 0 aliphatic heterocycles. The van der Waals surface area contributed by atoms with E-state index in [1.807, 2.05) is 30.3 Å². The van der Waals surface area contributed by atoms with Crippen LogP contribution >= 0.6 is 0 Å². The molecule has 0 aliphatic carbocycles. The van der Waals surface area contributed by atoms with Crippen molar-refractivity contribution in [3.8, 4) is 5.75 Å². The summed E-state index contributed by atoms with van der Waals surface area (Å²) in [6.45, 7) is 2.83. The van der Waals surface area contributed by atoms with Crippen LogP contribution in [0.5, 0.6) is 5.75 Å². The van der Waals surface area contributed by atoms with Gasteiger partial charge in [-0.15, -0.1) is 0 Å².